The molecule has 0 saturated heterocycles. The molecule has 2 aromatic carbocycles. The molecule has 4 rings (SSSR count). The summed E-state index contributed by atoms with van der Waals surface area (Å²) in [4.78, 5) is 25.6. The van der Waals surface area contributed by atoms with Crippen LogP contribution in [0.4, 0.5) is 18.9 Å². The molecule has 34 heavy (non-hydrogen) atoms. The number of rotatable bonds is 5. The van der Waals surface area contributed by atoms with Gasteiger partial charge >= 0.3 is 12.1 Å². The van der Waals surface area contributed by atoms with Crippen molar-refractivity contribution >= 4 is 17.6 Å². The van der Waals surface area contributed by atoms with E-state index >= 15 is 0 Å². The van der Waals surface area contributed by atoms with E-state index in [1.165, 1.54) is 5.56 Å². The van der Waals surface area contributed by atoms with Gasteiger partial charge in [0, 0.05) is 35.8 Å². The fraction of sp³-hybridized carbons (Fsp3) is 0.208. The first-order valence-corrected chi connectivity index (χ1v) is 10.3. The van der Waals surface area contributed by atoms with E-state index in [9.17, 15) is 18.0 Å². The van der Waals surface area contributed by atoms with Gasteiger partial charge in [0.05, 0.1) is 6.04 Å². The number of aliphatic carboxylic acids is 1. The first-order valence-electron chi connectivity index (χ1n) is 10.3. The van der Waals surface area contributed by atoms with Gasteiger partial charge in [-0.05, 0) is 42.3 Å². The van der Waals surface area contributed by atoms with Crippen LogP contribution in [0.5, 0.6) is 5.75 Å². The average molecular weight is 473 g/mol. The average Bonchev–Trinajstić information content (AvgIpc) is 2.83. The largest absolute Gasteiger partial charge is 0.490 e. The number of benzene rings is 2. The number of nitrogens with one attached hydrogen (secondary N) is 2. The number of hydrogen-bond acceptors (Lipinski definition) is 5. The zero-order valence-corrected chi connectivity index (χ0v) is 17.9. The number of nitrogens with zero attached hydrogens (tertiary/aromatic N) is 1. The molecule has 0 aliphatic carbocycles. The molecule has 3 N–H and O–H groups in total. The number of alkyl halides is 3. The zero-order chi connectivity index (χ0) is 24.6. The van der Waals surface area contributed by atoms with Crippen LogP contribution in [0.2, 0.25) is 0 Å². The third-order valence-corrected chi connectivity index (χ3v) is 4.82. The van der Waals surface area contributed by atoms with Crippen LogP contribution in [-0.2, 0) is 17.8 Å². The Bertz CT molecular complexity index is 1120. The summed E-state index contributed by atoms with van der Waals surface area (Å²) in [6.45, 7) is 1.14. The van der Waals surface area contributed by atoms with Crippen molar-refractivity contribution in [3.8, 4) is 5.75 Å². The van der Waals surface area contributed by atoms with Gasteiger partial charge in [0.2, 0.25) is 0 Å². The van der Waals surface area contributed by atoms with Crippen LogP contribution in [0.25, 0.3) is 0 Å². The highest BCUT2D eigenvalue weighted by Gasteiger charge is 2.38. The molecular formula is C24H22F3N3O4. The fourth-order valence-corrected chi connectivity index (χ4v) is 3.19. The van der Waals surface area contributed by atoms with Crippen molar-refractivity contribution in [1.29, 1.82) is 0 Å². The minimum absolute atomic E-state index is 0.0624. The topological polar surface area (TPSA) is 101 Å². The number of carbonyl (C=O) groups is 2. The van der Waals surface area contributed by atoms with Crippen LogP contribution in [0.3, 0.4) is 0 Å². The van der Waals surface area contributed by atoms with Gasteiger partial charge < -0.3 is 20.5 Å². The van der Waals surface area contributed by atoms with Crippen molar-refractivity contribution in [1.82, 2.24) is 10.3 Å². The molecule has 3 aromatic rings. The number of ether oxygens (including phenoxy) is 1. The Balaban J connectivity index is 0.000000406. The predicted octanol–water partition coefficient (Wildman–Crippen LogP) is 4.06. The fourth-order valence-electron chi connectivity index (χ4n) is 3.19. The molecule has 1 atom stereocenters. The second-order valence-corrected chi connectivity index (χ2v) is 7.39. The van der Waals surface area contributed by atoms with Gasteiger partial charge in [0.1, 0.15) is 12.4 Å². The molecule has 178 valence electrons. The molecule has 0 saturated carbocycles. The maximum absolute atomic E-state index is 12.6. The highest BCUT2D eigenvalue weighted by molar-refractivity contribution is 5.94. The number of carboxylic acid groups (broad SMARTS) is 1. The summed E-state index contributed by atoms with van der Waals surface area (Å²) in [5.41, 5.74) is 3.95. The van der Waals surface area contributed by atoms with Gasteiger partial charge in [-0.15, -0.1) is 0 Å². The van der Waals surface area contributed by atoms with Crippen LogP contribution in [-0.4, -0.2) is 40.7 Å². The predicted molar refractivity (Wildman–Crippen MR) is 119 cm³/mol. The molecule has 2 heterocycles. The maximum atomic E-state index is 12.6. The van der Waals surface area contributed by atoms with E-state index in [0.717, 1.165) is 24.2 Å². The smallest absolute Gasteiger partial charge is 0.489 e. The lowest BCUT2D eigenvalue weighted by atomic mass is 9.99. The molecule has 1 aromatic heterocycles. The number of carboxylic acids is 1. The van der Waals surface area contributed by atoms with E-state index in [2.05, 4.69) is 27.8 Å². The first-order chi connectivity index (χ1) is 16.2. The lowest BCUT2D eigenvalue weighted by Gasteiger charge is -2.27. The number of para-hydroxylation sites is 1. The van der Waals surface area contributed by atoms with Crippen molar-refractivity contribution in [3.63, 3.8) is 0 Å². The van der Waals surface area contributed by atoms with Gasteiger partial charge in [0.15, 0.2) is 0 Å². The van der Waals surface area contributed by atoms with E-state index in [4.69, 9.17) is 14.6 Å². The normalized spacial score (nSPS) is 14.5. The molecule has 0 fully saturated rings. The molecule has 0 spiro atoms. The van der Waals surface area contributed by atoms with Crippen LogP contribution >= 0.6 is 0 Å². The zero-order valence-electron chi connectivity index (χ0n) is 17.9. The Morgan fingerprint density at radius 1 is 1.12 bits per heavy atom. The standard InChI is InChI=1S/C22H21N3O2.C2HF3O2/c26-22(25-19-11-17-6-1-2-9-21(17)24-14-19)18-7-3-8-20(12-18)27-15-16-5-4-10-23-13-16;3-2(4,5)1(6)7/h1-10,12-13,19,24H,11,14-15H2,(H,25,26);(H,6,7). The summed E-state index contributed by atoms with van der Waals surface area (Å²) in [5, 5.41) is 13.6. The summed E-state index contributed by atoms with van der Waals surface area (Å²) in [6.07, 6.45) is -0.760. The molecule has 0 radical (unpaired) electrons. The molecule has 0 bridgehead atoms. The number of amides is 1. The number of carbonyl (C=O) groups excluding carboxylic acids is 1. The van der Waals surface area contributed by atoms with E-state index in [-0.39, 0.29) is 11.9 Å². The molecule has 10 heteroatoms. The van der Waals surface area contributed by atoms with E-state index in [0.29, 0.717) is 17.9 Å². The molecule has 1 aliphatic heterocycles. The van der Waals surface area contributed by atoms with Crippen LogP contribution in [0.15, 0.2) is 73.1 Å². The van der Waals surface area contributed by atoms with Crippen LogP contribution in [0.1, 0.15) is 21.5 Å². The third-order valence-electron chi connectivity index (χ3n) is 4.82. The lowest BCUT2D eigenvalue weighted by Crippen LogP contribution is -2.43. The number of halogens is 3. The molecule has 1 unspecified atom stereocenters. The van der Waals surface area contributed by atoms with Gasteiger partial charge in [-0.2, -0.15) is 13.2 Å². The SMILES string of the molecule is O=C(NC1CNc2ccccc2C1)c1cccc(OCc2cccnc2)c1.O=C(O)C(F)(F)F. The molecule has 1 aliphatic rings. The third kappa shape index (κ3) is 7.22. The van der Waals surface area contributed by atoms with E-state index < -0.39 is 12.1 Å². The van der Waals surface area contributed by atoms with Crippen molar-refractivity contribution in [2.24, 2.45) is 0 Å². The summed E-state index contributed by atoms with van der Waals surface area (Å²) in [7, 11) is 0. The quantitative estimate of drug-likeness (QED) is 0.517. The number of pyridine rings is 1. The Labute approximate surface area is 193 Å². The lowest BCUT2D eigenvalue weighted by molar-refractivity contribution is -0.192. The van der Waals surface area contributed by atoms with Crippen LogP contribution < -0.4 is 15.4 Å². The summed E-state index contributed by atoms with van der Waals surface area (Å²) in [5.74, 6) is -2.18. The molecular weight excluding hydrogens is 451 g/mol. The van der Waals surface area contributed by atoms with Crippen molar-refractivity contribution in [2.45, 2.75) is 25.2 Å². The highest BCUT2D eigenvalue weighted by atomic mass is 19.4. The second-order valence-electron chi connectivity index (χ2n) is 7.39. The van der Waals surface area contributed by atoms with Crippen molar-refractivity contribution in [3.05, 3.63) is 89.7 Å². The monoisotopic (exact) mass is 473 g/mol. The molecule has 1 amide bonds. The van der Waals surface area contributed by atoms with Crippen molar-refractivity contribution in [2.75, 3.05) is 11.9 Å². The number of hydrogen-bond donors (Lipinski definition) is 3. The van der Waals surface area contributed by atoms with E-state index in [1.54, 1.807) is 24.5 Å². The van der Waals surface area contributed by atoms with Crippen molar-refractivity contribution < 1.29 is 32.6 Å². The Morgan fingerprint density at radius 2 is 1.88 bits per heavy atom. The van der Waals surface area contributed by atoms with Gasteiger partial charge in [-0.25, -0.2) is 4.79 Å². The van der Waals surface area contributed by atoms with Gasteiger partial charge in [0.25, 0.3) is 5.91 Å². The van der Waals surface area contributed by atoms with E-state index in [1.807, 2.05) is 36.4 Å². The number of anilines is 1. The summed E-state index contributed by atoms with van der Waals surface area (Å²) < 4.78 is 37.5. The summed E-state index contributed by atoms with van der Waals surface area (Å²) in [6, 6.07) is 19.3. The maximum Gasteiger partial charge on any atom is 0.490 e. The number of aromatic nitrogens is 1. The Hall–Kier alpha value is -4.08. The second kappa shape index (κ2) is 11.2. The summed E-state index contributed by atoms with van der Waals surface area (Å²) >= 11 is 0. The Morgan fingerprint density at radius 3 is 2.59 bits per heavy atom. The van der Waals surface area contributed by atoms with Gasteiger partial charge in [-0.1, -0.05) is 30.3 Å². The number of fused-ring (bicyclic) bond motifs is 1. The minimum Gasteiger partial charge on any atom is -0.489 e. The Kier molecular flexibility index (Phi) is 8.07. The van der Waals surface area contributed by atoms with Crippen LogP contribution in [0, 0.1) is 0 Å². The van der Waals surface area contributed by atoms with Gasteiger partial charge in [-0.3, -0.25) is 9.78 Å². The minimum atomic E-state index is -5.08. The highest BCUT2D eigenvalue weighted by Crippen LogP contribution is 2.21. The molecule has 7 nitrogen and oxygen atoms in total. The first kappa shape index (κ1) is 24.6.